The van der Waals surface area contributed by atoms with E-state index in [0.29, 0.717) is 12.0 Å². The second-order valence-electron chi connectivity index (χ2n) is 7.06. The highest BCUT2D eigenvalue weighted by Gasteiger charge is 2.39. The molecule has 3 heteroatoms. The molecular weight excluding hydrogens is 248 g/mol. The van der Waals surface area contributed by atoms with Crippen molar-refractivity contribution >= 4 is 0 Å². The van der Waals surface area contributed by atoms with Gasteiger partial charge in [-0.3, -0.25) is 0 Å². The van der Waals surface area contributed by atoms with Gasteiger partial charge in [-0.25, -0.2) is 4.98 Å². The Hall–Kier alpha value is -0.830. The average molecular weight is 278 g/mol. The molecule has 1 heterocycles. The summed E-state index contributed by atoms with van der Waals surface area (Å²) in [5.74, 6) is 2.75. The number of aromatic nitrogens is 1. The van der Waals surface area contributed by atoms with Crippen LogP contribution >= 0.6 is 0 Å². The molecule has 0 aromatic carbocycles. The quantitative estimate of drug-likeness (QED) is 0.817. The molecule has 0 saturated heterocycles. The lowest BCUT2D eigenvalue weighted by Crippen LogP contribution is -2.25. The first-order chi connectivity index (χ1) is 9.52. The Morgan fingerprint density at radius 3 is 2.55 bits per heavy atom. The highest BCUT2D eigenvalue weighted by atomic mass is 16.4. The molecule has 0 atom stereocenters. The number of nitrogens with one attached hydrogen (secondary N) is 1. The SMILES string of the molecule is CC(C)CC1(c2cnc(CCNC(C)C)o2)CCCC1. The van der Waals surface area contributed by atoms with Crippen LogP contribution in [0.2, 0.25) is 0 Å². The fourth-order valence-corrected chi connectivity index (χ4v) is 3.52. The van der Waals surface area contributed by atoms with E-state index in [1.54, 1.807) is 0 Å². The van der Waals surface area contributed by atoms with E-state index >= 15 is 0 Å². The van der Waals surface area contributed by atoms with Crippen molar-refractivity contribution in [2.75, 3.05) is 6.54 Å². The van der Waals surface area contributed by atoms with Gasteiger partial charge in [-0.15, -0.1) is 0 Å². The van der Waals surface area contributed by atoms with Crippen LogP contribution in [0, 0.1) is 5.92 Å². The van der Waals surface area contributed by atoms with Gasteiger partial charge in [-0.05, 0) is 25.2 Å². The number of hydrogen-bond acceptors (Lipinski definition) is 3. The van der Waals surface area contributed by atoms with Crippen molar-refractivity contribution in [3.05, 3.63) is 17.8 Å². The number of oxazole rings is 1. The monoisotopic (exact) mass is 278 g/mol. The van der Waals surface area contributed by atoms with E-state index in [4.69, 9.17) is 4.42 Å². The van der Waals surface area contributed by atoms with Gasteiger partial charge >= 0.3 is 0 Å². The third kappa shape index (κ3) is 3.85. The lowest BCUT2D eigenvalue weighted by Gasteiger charge is -2.28. The van der Waals surface area contributed by atoms with E-state index in [-0.39, 0.29) is 5.41 Å². The molecule has 1 N–H and O–H groups in total. The molecule has 3 nitrogen and oxygen atoms in total. The molecule has 0 aliphatic heterocycles. The third-order valence-electron chi connectivity index (χ3n) is 4.33. The van der Waals surface area contributed by atoms with Gasteiger partial charge in [0.15, 0.2) is 5.89 Å². The molecule has 0 unspecified atom stereocenters. The number of nitrogens with zero attached hydrogens (tertiary/aromatic N) is 1. The van der Waals surface area contributed by atoms with Crippen LogP contribution in [0.25, 0.3) is 0 Å². The van der Waals surface area contributed by atoms with Crippen molar-refractivity contribution in [1.29, 1.82) is 0 Å². The third-order valence-corrected chi connectivity index (χ3v) is 4.33. The second-order valence-corrected chi connectivity index (χ2v) is 7.06. The average Bonchev–Trinajstić information content (AvgIpc) is 2.97. The van der Waals surface area contributed by atoms with Crippen molar-refractivity contribution in [2.45, 2.75) is 77.7 Å². The Bertz CT molecular complexity index is 403. The van der Waals surface area contributed by atoms with Crippen LogP contribution in [-0.4, -0.2) is 17.6 Å². The minimum absolute atomic E-state index is 0.269. The van der Waals surface area contributed by atoms with Gasteiger partial charge < -0.3 is 9.73 Å². The van der Waals surface area contributed by atoms with E-state index < -0.39 is 0 Å². The largest absolute Gasteiger partial charge is 0.445 e. The molecule has 0 bridgehead atoms. The van der Waals surface area contributed by atoms with E-state index in [1.807, 2.05) is 6.20 Å². The van der Waals surface area contributed by atoms with Crippen LogP contribution in [0.1, 0.15) is 71.5 Å². The Balaban J connectivity index is 2.01. The van der Waals surface area contributed by atoms with E-state index in [2.05, 4.69) is 38.0 Å². The van der Waals surface area contributed by atoms with Crippen LogP contribution in [0.5, 0.6) is 0 Å². The smallest absolute Gasteiger partial charge is 0.195 e. The zero-order chi connectivity index (χ0) is 14.6. The fraction of sp³-hybridized carbons (Fsp3) is 0.824. The molecule has 1 aliphatic carbocycles. The summed E-state index contributed by atoms with van der Waals surface area (Å²) in [6.07, 6.45) is 9.31. The highest BCUT2D eigenvalue weighted by molar-refractivity contribution is 5.14. The van der Waals surface area contributed by atoms with Crippen molar-refractivity contribution in [2.24, 2.45) is 5.92 Å². The van der Waals surface area contributed by atoms with Gasteiger partial charge in [0, 0.05) is 24.4 Å². The van der Waals surface area contributed by atoms with Crippen molar-refractivity contribution < 1.29 is 4.42 Å². The van der Waals surface area contributed by atoms with Crippen LogP contribution in [-0.2, 0) is 11.8 Å². The number of hydrogen-bond donors (Lipinski definition) is 1. The maximum atomic E-state index is 6.10. The lowest BCUT2D eigenvalue weighted by molar-refractivity contribution is 0.277. The predicted octanol–water partition coefficient (Wildman–Crippen LogP) is 4.07. The first kappa shape index (κ1) is 15.6. The summed E-state index contributed by atoms with van der Waals surface area (Å²) in [6, 6.07) is 0.520. The molecule has 1 aromatic heterocycles. The standard InChI is InChI=1S/C17H30N2O/c1-13(2)11-17(8-5-6-9-17)15-12-19-16(20-15)7-10-18-14(3)4/h12-14,18H,5-11H2,1-4H3. The Kier molecular flexibility index (Phi) is 5.25. The second kappa shape index (κ2) is 6.75. The van der Waals surface area contributed by atoms with Gasteiger partial charge in [0.05, 0.1) is 6.20 Å². The molecule has 0 radical (unpaired) electrons. The molecule has 1 aliphatic rings. The maximum Gasteiger partial charge on any atom is 0.195 e. The zero-order valence-electron chi connectivity index (χ0n) is 13.5. The Morgan fingerprint density at radius 2 is 1.95 bits per heavy atom. The first-order valence-electron chi connectivity index (χ1n) is 8.20. The topological polar surface area (TPSA) is 38.1 Å². The first-order valence-corrected chi connectivity index (χ1v) is 8.20. The van der Waals surface area contributed by atoms with Gasteiger partial charge in [0.1, 0.15) is 5.76 Å². The molecule has 1 aromatic rings. The van der Waals surface area contributed by atoms with Gasteiger partial charge in [-0.1, -0.05) is 40.5 Å². The molecule has 1 saturated carbocycles. The van der Waals surface area contributed by atoms with Gasteiger partial charge in [-0.2, -0.15) is 0 Å². The summed E-state index contributed by atoms with van der Waals surface area (Å²) >= 11 is 0. The highest BCUT2D eigenvalue weighted by Crippen LogP contribution is 2.45. The maximum absolute atomic E-state index is 6.10. The fourth-order valence-electron chi connectivity index (χ4n) is 3.52. The van der Waals surface area contributed by atoms with Crippen molar-refractivity contribution in [3.63, 3.8) is 0 Å². The van der Waals surface area contributed by atoms with Gasteiger partial charge in [0.25, 0.3) is 0 Å². The summed E-state index contributed by atoms with van der Waals surface area (Å²) in [4.78, 5) is 4.50. The minimum atomic E-state index is 0.269. The Labute approximate surface area is 123 Å². The van der Waals surface area contributed by atoms with E-state index in [1.165, 1.54) is 32.1 Å². The summed E-state index contributed by atoms with van der Waals surface area (Å²) in [5, 5.41) is 3.41. The summed E-state index contributed by atoms with van der Waals surface area (Å²) in [6.45, 7) is 9.89. The van der Waals surface area contributed by atoms with Crippen LogP contribution in [0.4, 0.5) is 0 Å². The zero-order valence-corrected chi connectivity index (χ0v) is 13.5. The van der Waals surface area contributed by atoms with E-state index in [9.17, 15) is 0 Å². The molecule has 0 amide bonds. The summed E-state index contributed by atoms with van der Waals surface area (Å²) < 4.78 is 6.10. The van der Waals surface area contributed by atoms with E-state index in [0.717, 1.165) is 24.6 Å². The Morgan fingerprint density at radius 1 is 1.25 bits per heavy atom. The molecule has 2 rings (SSSR count). The summed E-state index contributed by atoms with van der Waals surface area (Å²) in [5.41, 5.74) is 0.269. The predicted molar refractivity (Wildman–Crippen MR) is 82.9 cm³/mol. The molecule has 20 heavy (non-hydrogen) atoms. The van der Waals surface area contributed by atoms with Crippen molar-refractivity contribution in [1.82, 2.24) is 10.3 Å². The molecule has 1 fully saturated rings. The molecule has 0 spiro atoms. The number of rotatable bonds is 7. The van der Waals surface area contributed by atoms with Gasteiger partial charge in [0.2, 0.25) is 0 Å². The molecule has 114 valence electrons. The minimum Gasteiger partial charge on any atom is -0.445 e. The van der Waals surface area contributed by atoms with Crippen LogP contribution in [0.15, 0.2) is 10.6 Å². The lowest BCUT2D eigenvalue weighted by atomic mass is 9.77. The van der Waals surface area contributed by atoms with Crippen molar-refractivity contribution in [3.8, 4) is 0 Å². The van der Waals surface area contributed by atoms with Crippen LogP contribution < -0.4 is 5.32 Å². The summed E-state index contributed by atoms with van der Waals surface area (Å²) in [7, 11) is 0. The normalized spacial score (nSPS) is 18.3. The van der Waals surface area contributed by atoms with Crippen LogP contribution in [0.3, 0.4) is 0 Å². The molecular formula is C17H30N2O.